The lowest BCUT2D eigenvalue weighted by atomic mass is 9.80. The molecule has 2 atom stereocenters. The number of rotatable bonds is 1. The van der Waals surface area contributed by atoms with Crippen LogP contribution in [-0.4, -0.2) is 13.1 Å². The van der Waals surface area contributed by atoms with E-state index in [2.05, 4.69) is 59.9 Å². The van der Waals surface area contributed by atoms with Gasteiger partial charge < -0.3 is 5.32 Å². The predicted octanol–water partition coefficient (Wildman–Crippen LogP) is 3.45. The Kier molecular flexibility index (Phi) is 2.49. The van der Waals surface area contributed by atoms with Crippen LogP contribution in [0, 0.1) is 0 Å². The quantitative estimate of drug-likeness (QED) is 0.816. The van der Waals surface area contributed by atoms with Gasteiger partial charge in [-0.25, -0.2) is 0 Å². The molecule has 96 valence electrons. The van der Waals surface area contributed by atoms with Crippen molar-refractivity contribution in [3.63, 3.8) is 0 Å². The van der Waals surface area contributed by atoms with Gasteiger partial charge in [0.15, 0.2) is 0 Å². The number of benzene rings is 2. The van der Waals surface area contributed by atoms with Crippen molar-refractivity contribution in [2.75, 3.05) is 13.1 Å². The SMILES string of the molecule is c1ccc([C@H]2C[C@@]3(CCNC3)c3ccccc32)cc1. The van der Waals surface area contributed by atoms with Gasteiger partial charge in [0.05, 0.1) is 0 Å². The minimum absolute atomic E-state index is 0.386. The highest BCUT2D eigenvalue weighted by Gasteiger charge is 2.45. The molecule has 2 aromatic carbocycles. The fraction of sp³-hybridized carbons (Fsp3) is 0.333. The zero-order valence-corrected chi connectivity index (χ0v) is 11.1. The van der Waals surface area contributed by atoms with Crippen LogP contribution in [0.1, 0.15) is 35.4 Å². The minimum Gasteiger partial charge on any atom is -0.316 e. The first-order valence-corrected chi connectivity index (χ1v) is 7.24. The third kappa shape index (κ3) is 1.65. The van der Waals surface area contributed by atoms with Crippen LogP contribution >= 0.6 is 0 Å². The molecule has 1 heteroatoms. The standard InChI is InChI=1S/C18H19N/c1-2-6-14(7-3-1)16-12-18(10-11-19-13-18)17-9-5-4-8-15(16)17/h1-9,16,19H,10-13H2/t16-,18-/m1/s1. The van der Waals surface area contributed by atoms with Crippen LogP contribution < -0.4 is 5.32 Å². The van der Waals surface area contributed by atoms with E-state index in [1.54, 1.807) is 11.1 Å². The molecule has 1 spiro atoms. The lowest BCUT2D eigenvalue weighted by molar-refractivity contribution is 0.451. The van der Waals surface area contributed by atoms with E-state index in [9.17, 15) is 0 Å². The van der Waals surface area contributed by atoms with Crippen LogP contribution in [0.15, 0.2) is 54.6 Å². The van der Waals surface area contributed by atoms with Crippen LogP contribution in [0.25, 0.3) is 0 Å². The molecule has 1 aliphatic carbocycles. The second-order valence-electron chi connectivity index (χ2n) is 5.96. The average Bonchev–Trinajstić information content (AvgIpc) is 3.08. The average molecular weight is 249 g/mol. The van der Waals surface area contributed by atoms with Gasteiger partial charge in [0.1, 0.15) is 0 Å². The highest BCUT2D eigenvalue weighted by Crippen LogP contribution is 2.51. The topological polar surface area (TPSA) is 12.0 Å². The third-order valence-electron chi connectivity index (χ3n) is 4.95. The van der Waals surface area contributed by atoms with Gasteiger partial charge in [-0.1, -0.05) is 54.6 Å². The third-order valence-corrected chi connectivity index (χ3v) is 4.95. The van der Waals surface area contributed by atoms with E-state index in [-0.39, 0.29) is 0 Å². The van der Waals surface area contributed by atoms with Gasteiger partial charge in [0, 0.05) is 17.9 Å². The van der Waals surface area contributed by atoms with E-state index < -0.39 is 0 Å². The Morgan fingerprint density at radius 3 is 2.53 bits per heavy atom. The fourth-order valence-corrected chi connectivity index (χ4v) is 4.03. The van der Waals surface area contributed by atoms with Gasteiger partial charge in [0.25, 0.3) is 0 Å². The van der Waals surface area contributed by atoms with Crippen molar-refractivity contribution >= 4 is 0 Å². The van der Waals surface area contributed by atoms with E-state index in [1.165, 1.54) is 18.4 Å². The molecule has 0 bridgehead atoms. The molecule has 4 rings (SSSR count). The predicted molar refractivity (Wildman–Crippen MR) is 78.5 cm³/mol. The molecule has 1 aliphatic heterocycles. The molecule has 0 radical (unpaired) electrons. The van der Waals surface area contributed by atoms with Crippen LogP contribution in [0.3, 0.4) is 0 Å². The van der Waals surface area contributed by atoms with Crippen molar-refractivity contribution in [2.24, 2.45) is 0 Å². The highest BCUT2D eigenvalue weighted by atomic mass is 14.9. The summed E-state index contributed by atoms with van der Waals surface area (Å²) in [5, 5.41) is 3.57. The summed E-state index contributed by atoms with van der Waals surface area (Å²) < 4.78 is 0. The molecule has 0 amide bonds. The maximum atomic E-state index is 3.57. The van der Waals surface area contributed by atoms with Gasteiger partial charge >= 0.3 is 0 Å². The molecule has 1 saturated heterocycles. The number of hydrogen-bond donors (Lipinski definition) is 1. The molecular weight excluding hydrogens is 230 g/mol. The zero-order chi connectivity index (χ0) is 12.7. The van der Waals surface area contributed by atoms with Crippen molar-refractivity contribution in [2.45, 2.75) is 24.2 Å². The summed E-state index contributed by atoms with van der Waals surface area (Å²) in [5.74, 6) is 0.581. The first kappa shape index (κ1) is 11.2. The van der Waals surface area contributed by atoms with Gasteiger partial charge in [0.2, 0.25) is 0 Å². The zero-order valence-electron chi connectivity index (χ0n) is 11.1. The number of hydrogen-bond acceptors (Lipinski definition) is 1. The summed E-state index contributed by atoms with van der Waals surface area (Å²) in [6.45, 7) is 2.31. The summed E-state index contributed by atoms with van der Waals surface area (Å²) in [6, 6.07) is 20.1. The lowest BCUT2D eigenvalue weighted by Crippen LogP contribution is -2.26. The van der Waals surface area contributed by atoms with Crippen LogP contribution in [0.4, 0.5) is 0 Å². The first-order chi connectivity index (χ1) is 9.39. The van der Waals surface area contributed by atoms with Crippen LogP contribution in [0.2, 0.25) is 0 Å². The molecule has 2 aromatic rings. The van der Waals surface area contributed by atoms with Crippen molar-refractivity contribution < 1.29 is 0 Å². The molecule has 19 heavy (non-hydrogen) atoms. The van der Waals surface area contributed by atoms with Gasteiger partial charge in [-0.15, -0.1) is 0 Å². The number of fused-ring (bicyclic) bond motifs is 2. The maximum Gasteiger partial charge on any atom is 0.0102 e. The van der Waals surface area contributed by atoms with E-state index in [1.807, 2.05) is 0 Å². The van der Waals surface area contributed by atoms with E-state index >= 15 is 0 Å². The molecule has 1 heterocycles. The van der Waals surface area contributed by atoms with Crippen molar-refractivity contribution in [1.29, 1.82) is 0 Å². The van der Waals surface area contributed by atoms with Crippen molar-refractivity contribution in [3.05, 3.63) is 71.3 Å². The normalized spacial score (nSPS) is 28.7. The van der Waals surface area contributed by atoms with E-state index in [0.29, 0.717) is 11.3 Å². The monoisotopic (exact) mass is 249 g/mol. The summed E-state index contributed by atoms with van der Waals surface area (Å²) >= 11 is 0. The first-order valence-electron chi connectivity index (χ1n) is 7.24. The number of nitrogens with one attached hydrogen (secondary N) is 1. The van der Waals surface area contributed by atoms with Crippen molar-refractivity contribution in [3.8, 4) is 0 Å². The molecule has 0 unspecified atom stereocenters. The summed E-state index contributed by atoms with van der Waals surface area (Å²) in [4.78, 5) is 0. The van der Waals surface area contributed by atoms with Crippen molar-refractivity contribution in [1.82, 2.24) is 5.32 Å². The molecule has 2 aliphatic rings. The smallest absolute Gasteiger partial charge is 0.0102 e. The summed E-state index contributed by atoms with van der Waals surface area (Å²) in [7, 11) is 0. The Labute approximate surface area is 114 Å². The largest absolute Gasteiger partial charge is 0.316 e. The Bertz CT molecular complexity index is 582. The van der Waals surface area contributed by atoms with E-state index in [4.69, 9.17) is 0 Å². The Morgan fingerprint density at radius 1 is 0.947 bits per heavy atom. The summed E-state index contributed by atoms with van der Waals surface area (Å²) in [5.41, 5.74) is 5.00. The fourth-order valence-electron chi connectivity index (χ4n) is 4.03. The van der Waals surface area contributed by atoms with Crippen LogP contribution in [0.5, 0.6) is 0 Å². The Morgan fingerprint density at radius 2 is 1.74 bits per heavy atom. The Balaban J connectivity index is 1.84. The molecule has 0 aromatic heterocycles. The molecule has 1 fully saturated rings. The highest BCUT2D eigenvalue weighted by molar-refractivity contribution is 5.48. The van der Waals surface area contributed by atoms with E-state index in [0.717, 1.165) is 13.1 Å². The molecule has 0 saturated carbocycles. The second-order valence-corrected chi connectivity index (χ2v) is 5.96. The second kappa shape index (κ2) is 4.21. The lowest BCUT2D eigenvalue weighted by Gasteiger charge is -2.23. The van der Waals surface area contributed by atoms with Gasteiger partial charge in [-0.3, -0.25) is 0 Å². The molecule has 1 N–H and O–H groups in total. The maximum absolute atomic E-state index is 3.57. The minimum atomic E-state index is 0.386. The Hall–Kier alpha value is -1.60. The van der Waals surface area contributed by atoms with Gasteiger partial charge in [-0.05, 0) is 36.1 Å². The van der Waals surface area contributed by atoms with Gasteiger partial charge in [-0.2, -0.15) is 0 Å². The summed E-state index contributed by atoms with van der Waals surface area (Å²) in [6.07, 6.45) is 2.55. The molecular formula is C18H19N. The van der Waals surface area contributed by atoms with Crippen LogP contribution in [-0.2, 0) is 5.41 Å². The molecule has 1 nitrogen and oxygen atoms in total.